The smallest absolute Gasteiger partial charge is 0.289 e. The van der Waals surface area contributed by atoms with Gasteiger partial charge in [0.25, 0.3) is 0 Å². The van der Waals surface area contributed by atoms with E-state index in [0.29, 0.717) is 19.5 Å². The minimum atomic E-state index is -4.10. The molecule has 0 radical (unpaired) electrons. The summed E-state index contributed by atoms with van der Waals surface area (Å²) in [6, 6.07) is 0. The molecule has 0 saturated heterocycles. The molecule has 0 unspecified atom stereocenters. The lowest BCUT2D eigenvalue weighted by Gasteiger charge is -2.26. The second-order valence-electron chi connectivity index (χ2n) is 3.41. The van der Waals surface area contributed by atoms with Crippen molar-refractivity contribution >= 4 is 33.9 Å². The van der Waals surface area contributed by atoms with E-state index >= 15 is 0 Å². The molecule has 1 aliphatic rings. The van der Waals surface area contributed by atoms with Crippen LogP contribution in [-0.2, 0) is 13.0 Å². The zero-order valence-electron chi connectivity index (χ0n) is 7.64. The molecule has 0 atom stereocenters. The Morgan fingerprint density at radius 2 is 2.20 bits per heavy atom. The Kier molecular flexibility index (Phi) is 3.22. The standard InChI is InChI=1S/C8H8F3IN2S/c9-8(10,11)4-14-2-1-5-6(3-14)15-7(12)13-5/h1-4H2. The van der Waals surface area contributed by atoms with Gasteiger partial charge in [0.15, 0.2) is 3.01 Å². The van der Waals surface area contributed by atoms with Gasteiger partial charge in [-0.05, 0) is 22.6 Å². The zero-order chi connectivity index (χ0) is 11.1. The number of fused-ring (bicyclic) bond motifs is 1. The van der Waals surface area contributed by atoms with E-state index in [4.69, 9.17) is 0 Å². The Labute approximate surface area is 103 Å². The summed E-state index contributed by atoms with van der Waals surface area (Å²) in [4.78, 5) is 6.69. The van der Waals surface area contributed by atoms with Crippen molar-refractivity contribution in [3.63, 3.8) is 0 Å². The van der Waals surface area contributed by atoms with E-state index in [2.05, 4.69) is 27.6 Å². The molecule has 2 nitrogen and oxygen atoms in total. The van der Waals surface area contributed by atoms with Gasteiger partial charge in [-0.2, -0.15) is 13.2 Å². The third kappa shape index (κ3) is 3.04. The SMILES string of the molecule is FC(F)(F)CN1CCc2nc(I)sc2C1. The Hall–Kier alpha value is 0.110. The monoisotopic (exact) mass is 348 g/mol. The predicted octanol–water partition coefficient (Wildman–Crippen LogP) is 2.67. The summed E-state index contributed by atoms with van der Waals surface area (Å²) < 4.78 is 37.4. The second-order valence-corrected chi connectivity index (χ2v) is 6.25. The van der Waals surface area contributed by atoms with Gasteiger partial charge in [0.1, 0.15) is 0 Å². The maximum Gasteiger partial charge on any atom is 0.401 e. The second kappa shape index (κ2) is 4.17. The first-order valence-electron chi connectivity index (χ1n) is 4.37. The molecule has 1 aromatic heterocycles. The summed E-state index contributed by atoms with van der Waals surface area (Å²) in [6.07, 6.45) is -3.47. The molecule has 7 heteroatoms. The normalized spacial score (nSPS) is 17.9. The highest BCUT2D eigenvalue weighted by Gasteiger charge is 2.32. The molecular weight excluding hydrogens is 340 g/mol. The predicted molar refractivity (Wildman–Crippen MR) is 59.9 cm³/mol. The van der Waals surface area contributed by atoms with Crippen molar-refractivity contribution in [1.29, 1.82) is 0 Å². The van der Waals surface area contributed by atoms with Gasteiger partial charge in [-0.25, -0.2) is 4.98 Å². The van der Waals surface area contributed by atoms with E-state index in [1.165, 1.54) is 16.2 Å². The van der Waals surface area contributed by atoms with E-state index in [1.807, 2.05) is 0 Å². The lowest BCUT2D eigenvalue weighted by Crippen LogP contribution is -2.37. The Morgan fingerprint density at radius 3 is 2.87 bits per heavy atom. The van der Waals surface area contributed by atoms with E-state index < -0.39 is 12.7 Å². The quantitative estimate of drug-likeness (QED) is 0.726. The highest BCUT2D eigenvalue weighted by molar-refractivity contribution is 14.1. The number of thiazole rings is 1. The van der Waals surface area contributed by atoms with Crippen molar-refractivity contribution in [3.8, 4) is 0 Å². The highest BCUT2D eigenvalue weighted by Crippen LogP contribution is 2.27. The number of hydrogen-bond donors (Lipinski definition) is 0. The molecule has 0 spiro atoms. The summed E-state index contributed by atoms with van der Waals surface area (Å²) in [5, 5.41) is 0. The summed E-state index contributed by atoms with van der Waals surface area (Å²) in [5.41, 5.74) is 0.975. The van der Waals surface area contributed by atoms with Crippen LogP contribution in [-0.4, -0.2) is 29.1 Å². The van der Waals surface area contributed by atoms with Crippen LogP contribution in [0.5, 0.6) is 0 Å². The van der Waals surface area contributed by atoms with E-state index in [0.717, 1.165) is 13.6 Å². The van der Waals surface area contributed by atoms with Gasteiger partial charge in [0, 0.05) is 24.4 Å². The van der Waals surface area contributed by atoms with Crippen LogP contribution in [0.1, 0.15) is 10.6 Å². The van der Waals surface area contributed by atoms with Crippen molar-refractivity contribution in [1.82, 2.24) is 9.88 Å². The number of halogens is 4. The van der Waals surface area contributed by atoms with Crippen LogP contribution in [0.3, 0.4) is 0 Å². The molecule has 0 saturated carbocycles. The van der Waals surface area contributed by atoms with Gasteiger partial charge >= 0.3 is 6.18 Å². The lowest BCUT2D eigenvalue weighted by molar-refractivity contribution is -0.147. The van der Waals surface area contributed by atoms with Gasteiger partial charge in [0.05, 0.1) is 12.2 Å². The third-order valence-electron chi connectivity index (χ3n) is 2.19. The first kappa shape index (κ1) is 11.6. The topological polar surface area (TPSA) is 16.1 Å². The summed E-state index contributed by atoms with van der Waals surface area (Å²) in [6.45, 7) is 0.0166. The average Bonchev–Trinajstić information content (AvgIpc) is 2.40. The van der Waals surface area contributed by atoms with Crippen molar-refractivity contribution in [3.05, 3.63) is 13.6 Å². The summed E-state index contributed by atoms with van der Waals surface area (Å²) in [7, 11) is 0. The van der Waals surface area contributed by atoms with Crippen molar-refractivity contribution in [2.24, 2.45) is 0 Å². The van der Waals surface area contributed by atoms with Gasteiger partial charge < -0.3 is 0 Å². The Balaban J connectivity index is 2.05. The fourth-order valence-corrected chi connectivity index (χ4v) is 3.57. The van der Waals surface area contributed by atoms with Gasteiger partial charge in [-0.1, -0.05) is 0 Å². The van der Waals surface area contributed by atoms with Crippen molar-refractivity contribution in [2.45, 2.75) is 19.1 Å². The van der Waals surface area contributed by atoms with Crippen LogP contribution in [0.2, 0.25) is 0 Å². The number of nitrogens with zero attached hydrogens (tertiary/aromatic N) is 2. The number of aromatic nitrogens is 1. The minimum Gasteiger partial charge on any atom is -0.289 e. The lowest BCUT2D eigenvalue weighted by atomic mass is 10.2. The van der Waals surface area contributed by atoms with E-state index in [9.17, 15) is 13.2 Å². The number of hydrogen-bond acceptors (Lipinski definition) is 3. The fourth-order valence-electron chi connectivity index (χ4n) is 1.61. The van der Waals surface area contributed by atoms with Crippen molar-refractivity contribution < 1.29 is 13.2 Å². The molecule has 1 aliphatic heterocycles. The molecule has 2 heterocycles. The highest BCUT2D eigenvalue weighted by atomic mass is 127. The van der Waals surface area contributed by atoms with Crippen LogP contribution < -0.4 is 0 Å². The Bertz CT molecular complexity index is 363. The molecule has 0 aromatic carbocycles. The average molecular weight is 348 g/mol. The van der Waals surface area contributed by atoms with Gasteiger partial charge in [0.2, 0.25) is 0 Å². The minimum absolute atomic E-state index is 0.384. The van der Waals surface area contributed by atoms with Crippen LogP contribution >= 0.6 is 33.9 Å². The molecule has 0 aliphatic carbocycles. The fraction of sp³-hybridized carbons (Fsp3) is 0.625. The first-order chi connectivity index (χ1) is 6.94. The van der Waals surface area contributed by atoms with Crippen LogP contribution in [0.4, 0.5) is 13.2 Å². The molecule has 1 aromatic rings. The maximum absolute atomic E-state index is 12.2. The number of rotatable bonds is 1. The third-order valence-corrected chi connectivity index (χ3v) is 3.96. The van der Waals surface area contributed by atoms with Crippen molar-refractivity contribution in [2.75, 3.05) is 13.1 Å². The molecule has 15 heavy (non-hydrogen) atoms. The molecule has 84 valence electrons. The molecule has 2 rings (SSSR count). The van der Waals surface area contributed by atoms with Crippen LogP contribution in [0.15, 0.2) is 0 Å². The largest absolute Gasteiger partial charge is 0.401 e. The van der Waals surface area contributed by atoms with Crippen LogP contribution in [0, 0.1) is 3.01 Å². The van der Waals surface area contributed by atoms with Crippen LogP contribution in [0.25, 0.3) is 0 Å². The summed E-state index contributed by atoms with van der Waals surface area (Å²) in [5.74, 6) is 0. The first-order valence-corrected chi connectivity index (χ1v) is 6.27. The zero-order valence-corrected chi connectivity index (χ0v) is 10.6. The molecule has 0 fully saturated rings. The molecule has 0 N–H and O–H groups in total. The molecular formula is C8H8F3IN2S. The van der Waals surface area contributed by atoms with E-state index in [-0.39, 0.29) is 0 Å². The Morgan fingerprint density at radius 1 is 1.47 bits per heavy atom. The van der Waals surface area contributed by atoms with E-state index in [1.54, 1.807) is 0 Å². The molecule has 0 bridgehead atoms. The number of alkyl halides is 3. The van der Waals surface area contributed by atoms with Gasteiger partial charge in [-0.15, -0.1) is 11.3 Å². The maximum atomic E-state index is 12.2. The molecule has 0 amide bonds. The van der Waals surface area contributed by atoms with Gasteiger partial charge in [-0.3, -0.25) is 4.90 Å². The summed E-state index contributed by atoms with van der Waals surface area (Å²) >= 11 is 3.59.